The lowest BCUT2D eigenvalue weighted by molar-refractivity contribution is -0.119. The Bertz CT molecular complexity index is 1060. The quantitative estimate of drug-likeness (QED) is 0.453. The van der Waals surface area contributed by atoms with Crippen molar-refractivity contribution in [2.24, 2.45) is 0 Å². The fourth-order valence-corrected chi connectivity index (χ4v) is 2.76. The van der Waals surface area contributed by atoms with Crippen molar-refractivity contribution in [1.82, 2.24) is 20.1 Å². The second-order valence-corrected chi connectivity index (χ2v) is 7.40. The molecule has 32 heavy (non-hydrogen) atoms. The monoisotopic (exact) mass is 435 g/mol. The molecular weight excluding hydrogens is 410 g/mol. The van der Waals surface area contributed by atoms with E-state index >= 15 is 0 Å². The van der Waals surface area contributed by atoms with E-state index in [-0.39, 0.29) is 23.9 Å². The lowest BCUT2D eigenvalue weighted by Gasteiger charge is -2.13. The van der Waals surface area contributed by atoms with Crippen LogP contribution in [0.5, 0.6) is 0 Å². The molecule has 3 rings (SSSR count). The predicted octanol–water partition coefficient (Wildman–Crippen LogP) is 3.26. The topological polar surface area (TPSA) is 130 Å². The van der Waals surface area contributed by atoms with Gasteiger partial charge < -0.3 is 21.3 Å². The van der Waals surface area contributed by atoms with E-state index in [4.69, 9.17) is 0 Å². The standard InChI is InChI=1S/C22H25N7O3/c1-14(2)25-22(32)28-19-6-4-16(5-7-19)21(31)27-18-10-8-17(9-11-18)26-20(30)15(3)29-13-23-12-24-29/h4-15H,1-3H3,(H,26,30)(H,27,31)(H2,25,28,32). The minimum atomic E-state index is -0.509. The summed E-state index contributed by atoms with van der Waals surface area (Å²) in [6.07, 6.45) is 2.85. The van der Waals surface area contributed by atoms with E-state index in [1.165, 1.54) is 17.3 Å². The van der Waals surface area contributed by atoms with E-state index in [1.54, 1.807) is 55.5 Å². The molecule has 0 fully saturated rings. The molecule has 0 spiro atoms. The van der Waals surface area contributed by atoms with Crippen LogP contribution in [0.4, 0.5) is 21.9 Å². The fraction of sp³-hybridized carbons (Fsp3) is 0.227. The van der Waals surface area contributed by atoms with Crippen molar-refractivity contribution in [3.63, 3.8) is 0 Å². The van der Waals surface area contributed by atoms with Gasteiger partial charge in [0.05, 0.1) is 0 Å². The van der Waals surface area contributed by atoms with E-state index in [0.29, 0.717) is 22.6 Å². The van der Waals surface area contributed by atoms with Gasteiger partial charge in [0.1, 0.15) is 18.7 Å². The second-order valence-electron chi connectivity index (χ2n) is 7.40. The van der Waals surface area contributed by atoms with Crippen molar-refractivity contribution >= 4 is 34.9 Å². The Kier molecular flexibility index (Phi) is 7.17. The number of nitrogens with one attached hydrogen (secondary N) is 4. The molecule has 1 aromatic heterocycles. The molecule has 0 bridgehead atoms. The number of aromatic nitrogens is 3. The Morgan fingerprint density at radius 2 is 1.38 bits per heavy atom. The Morgan fingerprint density at radius 1 is 0.812 bits per heavy atom. The molecule has 4 N–H and O–H groups in total. The molecule has 1 heterocycles. The number of nitrogens with zero attached hydrogens (tertiary/aromatic N) is 3. The Hall–Kier alpha value is -4.21. The third kappa shape index (κ3) is 6.14. The van der Waals surface area contributed by atoms with E-state index in [0.717, 1.165) is 0 Å². The highest BCUT2D eigenvalue weighted by molar-refractivity contribution is 6.04. The van der Waals surface area contributed by atoms with Crippen LogP contribution in [-0.4, -0.2) is 38.7 Å². The molecule has 0 radical (unpaired) electrons. The van der Waals surface area contributed by atoms with Crippen LogP contribution in [0.3, 0.4) is 0 Å². The Balaban J connectivity index is 1.54. The third-order valence-corrected chi connectivity index (χ3v) is 4.45. The summed E-state index contributed by atoms with van der Waals surface area (Å²) in [6.45, 7) is 5.45. The first-order valence-corrected chi connectivity index (χ1v) is 10.1. The molecule has 10 nitrogen and oxygen atoms in total. The van der Waals surface area contributed by atoms with Crippen LogP contribution in [0.1, 0.15) is 37.2 Å². The van der Waals surface area contributed by atoms with E-state index in [9.17, 15) is 14.4 Å². The van der Waals surface area contributed by atoms with Gasteiger partial charge in [0.15, 0.2) is 0 Å². The smallest absolute Gasteiger partial charge is 0.319 e. The Labute approximate surface area is 185 Å². The summed E-state index contributed by atoms with van der Waals surface area (Å²) in [7, 11) is 0. The number of benzene rings is 2. The molecule has 0 aliphatic rings. The number of rotatable bonds is 7. The van der Waals surface area contributed by atoms with Gasteiger partial charge in [-0.15, -0.1) is 0 Å². The maximum atomic E-state index is 12.5. The van der Waals surface area contributed by atoms with Crippen LogP contribution in [0, 0.1) is 0 Å². The van der Waals surface area contributed by atoms with Gasteiger partial charge in [0.2, 0.25) is 5.91 Å². The molecule has 166 valence electrons. The predicted molar refractivity (Wildman–Crippen MR) is 121 cm³/mol. The zero-order valence-corrected chi connectivity index (χ0v) is 18.0. The number of urea groups is 1. The SMILES string of the molecule is CC(C)NC(=O)Nc1ccc(C(=O)Nc2ccc(NC(=O)C(C)n3cncn3)cc2)cc1. The average Bonchev–Trinajstić information content (AvgIpc) is 3.29. The molecule has 1 atom stereocenters. The first-order chi connectivity index (χ1) is 15.3. The highest BCUT2D eigenvalue weighted by Gasteiger charge is 2.15. The first-order valence-electron chi connectivity index (χ1n) is 10.1. The summed E-state index contributed by atoms with van der Waals surface area (Å²) in [4.78, 5) is 40.4. The molecule has 1 unspecified atom stereocenters. The van der Waals surface area contributed by atoms with Crippen LogP contribution in [0.2, 0.25) is 0 Å². The summed E-state index contributed by atoms with van der Waals surface area (Å²) in [5.74, 6) is -0.525. The van der Waals surface area contributed by atoms with Crippen LogP contribution in [0.25, 0.3) is 0 Å². The maximum Gasteiger partial charge on any atom is 0.319 e. The summed E-state index contributed by atoms with van der Waals surface area (Å²) in [5.41, 5.74) is 2.20. The minimum absolute atomic E-state index is 0.0249. The molecule has 0 aliphatic heterocycles. The minimum Gasteiger partial charge on any atom is -0.336 e. The van der Waals surface area contributed by atoms with E-state index < -0.39 is 6.04 Å². The summed E-state index contributed by atoms with van der Waals surface area (Å²) >= 11 is 0. The second kappa shape index (κ2) is 10.2. The number of amides is 4. The van der Waals surface area contributed by atoms with Gasteiger partial charge in [0, 0.05) is 28.7 Å². The highest BCUT2D eigenvalue weighted by atomic mass is 16.2. The largest absolute Gasteiger partial charge is 0.336 e. The van der Waals surface area contributed by atoms with E-state index in [1.807, 2.05) is 13.8 Å². The van der Waals surface area contributed by atoms with Gasteiger partial charge in [-0.3, -0.25) is 9.59 Å². The lowest BCUT2D eigenvalue weighted by Crippen LogP contribution is -2.34. The van der Waals surface area contributed by atoms with Crippen molar-refractivity contribution in [2.45, 2.75) is 32.9 Å². The number of anilines is 3. The number of hydrogen-bond donors (Lipinski definition) is 4. The number of carbonyl (C=O) groups is 3. The van der Waals surface area contributed by atoms with Crippen molar-refractivity contribution in [3.05, 3.63) is 66.7 Å². The fourth-order valence-electron chi connectivity index (χ4n) is 2.76. The summed E-state index contributed by atoms with van der Waals surface area (Å²) < 4.78 is 1.46. The molecule has 0 saturated heterocycles. The molecule has 0 aliphatic carbocycles. The molecule has 10 heteroatoms. The normalized spacial score (nSPS) is 11.5. The maximum absolute atomic E-state index is 12.5. The van der Waals surface area contributed by atoms with Crippen molar-refractivity contribution < 1.29 is 14.4 Å². The van der Waals surface area contributed by atoms with Crippen LogP contribution in [-0.2, 0) is 4.79 Å². The van der Waals surface area contributed by atoms with Crippen molar-refractivity contribution in [2.75, 3.05) is 16.0 Å². The molecule has 0 saturated carbocycles. The van der Waals surface area contributed by atoms with Gasteiger partial charge in [-0.05, 0) is 69.3 Å². The highest BCUT2D eigenvalue weighted by Crippen LogP contribution is 2.17. The van der Waals surface area contributed by atoms with Crippen molar-refractivity contribution in [1.29, 1.82) is 0 Å². The Morgan fingerprint density at radius 3 is 1.94 bits per heavy atom. The molecule has 3 aromatic rings. The van der Waals surface area contributed by atoms with Gasteiger partial charge in [0.25, 0.3) is 5.91 Å². The van der Waals surface area contributed by atoms with Crippen LogP contribution < -0.4 is 21.3 Å². The van der Waals surface area contributed by atoms with Gasteiger partial charge in [-0.1, -0.05) is 0 Å². The van der Waals surface area contributed by atoms with Crippen LogP contribution in [0.15, 0.2) is 61.2 Å². The summed E-state index contributed by atoms with van der Waals surface area (Å²) in [5, 5.41) is 15.0. The van der Waals surface area contributed by atoms with Gasteiger partial charge in [-0.2, -0.15) is 5.10 Å². The van der Waals surface area contributed by atoms with E-state index in [2.05, 4.69) is 31.3 Å². The van der Waals surface area contributed by atoms with Gasteiger partial charge >= 0.3 is 6.03 Å². The molecule has 2 aromatic carbocycles. The zero-order chi connectivity index (χ0) is 23.1. The number of hydrogen-bond acceptors (Lipinski definition) is 5. The third-order valence-electron chi connectivity index (χ3n) is 4.45. The zero-order valence-electron chi connectivity index (χ0n) is 18.0. The van der Waals surface area contributed by atoms with Gasteiger partial charge in [-0.25, -0.2) is 14.5 Å². The first kappa shape index (κ1) is 22.5. The van der Waals surface area contributed by atoms with Crippen LogP contribution >= 0.6 is 0 Å². The lowest BCUT2D eigenvalue weighted by atomic mass is 10.2. The molecule has 4 amide bonds. The average molecular weight is 435 g/mol. The number of carbonyl (C=O) groups excluding carboxylic acids is 3. The summed E-state index contributed by atoms with van der Waals surface area (Å²) in [6, 6.07) is 12.6. The van der Waals surface area contributed by atoms with Crippen molar-refractivity contribution in [3.8, 4) is 0 Å². The molecular formula is C22H25N7O3.